The molecule has 0 aliphatic rings. The molecule has 0 aliphatic heterocycles. The first-order valence-corrected chi connectivity index (χ1v) is 3.06. The minimum atomic E-state index is 0.0278. The third kappa shape index (κ3) is 27.1. The predicted molar refractivity (Wildman–Crippen MR) is 40.1 cm³/mol. The number of hydrogen-bond donors (Lipinski definition) is 2. The van der Waals surface area contributed by atoms with Gasteiger partial charge < -0.3 is 14.9 Å². The minimum Gasteiger partial charge on any atom is -0.394 e. The van der Waals surface area contributed by atoms with E-state index in [0.29, 0.717) is 13.2 Å². The fourth-order valence-corrected chi connectivity index (χ4v) is 0.231. The number of rotatable bonds is 4. The van der Waals surface area contributed by atoms with E-state index in [2.05, 4.69) is 14.8 Å². The highest BCUT2D eigenvalue weighted by Gasteiger charge is 1.79. The SMILES string of the molecule is CN=[N+]=[N-].OCCOCCO. The quantitative estimate of drug-likeness (QED) is 0.262. The van der Waals surface area contributed by atoms with Crippen LogP contribution in [0.15, 0.2) is 5.11 Å². The summed E-state index contributed by atoms with van der Waals surface area (Å²) in [6.07, 6.45) is 0. The summed E-state index contributed by atoms with van der Waals surface area (Å²) >= 11 is 0. The maximum absolute atomic E-state index is 8.09. The molecule has 0 atom stereocenters. The van der Waals surface area contributed by atoms with Crippen LogP contribution < -0.4 is 0 Å². The van der Waals surface area contributed by atoms with Crippen LogP contribution >= 0.6 is 0 Å². The molecule has 0 rings (SSSR count). The second kappa shape index (κ2) is 16.1. The number of nitrogens with zero attached hydrogens (tertiary/aromatic N) is 3. The lowest BCUT2D eigenvalue weighted by atomic mass is 10.7. The van der Waals surface area contributed by atoms with E-state index in [1.165, 1.54) is 7.05 Å². The van der Waals surface area contributed by atoms with Crippen LogP contribution in [0, 0.1) is 0 Å². The Morgan fingerprint density at radius 3 is 1.91 bits per heavy atom. The maximum Gasteiger partial charge on any atom is 0.0698 e. The molecule has 0 fully saturated rings. The van der Waals surface area contributed by atoms with Crippen LogP contribution in [0.5, 0.6) is 0 Å². The first kappa shape index (κ1) is 12.8. The van der Waals surface area contributed by atoms with Gasteiger partial charge in [0.25, 0.3) is 0 Å². The summed E-state index contributed by atoms with van der Waals surface area (Å²) in [5.41, 5.74) is 7.33. The van der Waals surface area contributed by atoms with E-state index >= 15 is 0 Å². The van der Waals surface area contributed by atoms with Gasteiger partial charge in [-0.25, -0.2) is 0 Å². The van der Waals surface area contributed by atoms with Crippen molar-refractivity contribution in [3.8, 4) is 0 Å². The molecule has 0 aliphatic carbocycles. The minimum absolute atomic E-state index is 0.0278. The van der Waals surface area contributed by atoms with E-state index in [9.17, 15) is 0 Å². The molecule has 0 heterocycles. The van der Waals surface area contributed by atoms with Gasteiger partial charge in [0.2, 0.25) is 0 Å². The summed E-state index contributed by atoms with van der Waals surface area (Å²) < 4.78 is 4.63. The summed E-state index contributed by atoms with van der Waals surface area (Å²) in [6.45, 7) is 0.696. The summed E-state index contributed by atoms with van der Waals surface area (Å²) in [5, 5.41) is 19.1. The Morgan fingerprint density at radius 2 is 1.73 bits per heavy atom. The van der Waals surface area contributed by atoms with Crippen molar-refractivity contribution >= 4 is 0 Å². The van der Waals surface area contributed by atoms with Gasteiger partial charge in [0.15, 0.2) is 0 Å². The molecular formula is C5H13N3O3. The van der Waals surface area contributed by atoms with Crippen molar-refractivity contribution in [2.24, 2.45) is 5.11 Å². The Balaban J connectivity index is 0. The molecule has 2 N–H and O–H groups in total. The average molecular weight is 163 g/mol. The first-order chi connectivity index (χ1) is 5.33. The zero-order chi connectivity index (χ0) is 8.95. The monoisotopic (exact) mass is 163 g/mol. The van der Waals surface area contributed by atoms with Crippen LogP contribution in [0.1, 0.15) is 0 Å². The van der Waals surface area contributed by atoms with Crippen LogP contribution in [0.4, 0.5) is 0 Å². The third-order valence-electron chi connectivity index (χ3n) is 0.561. The maximum atomic E-state index is 8.09. The van der Waals surface area contributed by atoms with Crippen molar-refractivity contribution in [1.29, 1.82) is 0 Å². The van der Waals surface area contributed by atoms with Gasteiger partial charge in [0.1, 0.15) is 0 Å². The number of aliphatic hydroxyl groups is 2. The standard InChI is InChI=1S/C4H10O3.CH3N3/c5-1-3-7-4-2-6;1-3-4-2/h5-6H,1-4H2;1H3. The topological polar surface area (TPSA) is 98.5 Å². The number of ether oxygens (including phenoxy) is 1. The van der Waals surface area contributed by atoms with Crippen molar-refractivity contribution in [2.45, 2.75) is 0 Å². The molecule has 11 heavy (non-hydrogen) atoms. The Labute approximate surface area is 65.0 Å². The normalized spacial score (nSPS) is 7.55. The van der Waals surface area contributed by atoms with Gasteiger partial charge in [0, 0.05) is 12.0 Å². The van der Waals surface area contributed by atoms with Gasteiger partial charge in [-0.3, -0.25) is 0 Å². The lowest BCUT2D eigenvalue weighted by molar-refractivity contribution is 0.0650. The van der Waals surface area contributed by atoms with Gasteiger partial charge >= 0.3 is 0 Å². The summed E-state index contributed by atoms with van der Waals surface area (Å²) in [6, 6.07) is 0. The molecule has 0 amide bonds. The molecule has 0 aromatic carbocycles. The lowest BCUT2D eigenvalue weighted by Gasteiger charge is -1.94. The molecule has 0 bridgehead atoms. The Hall–Kier alpha value is -0.810. The highest BCUT2D eigenvalue weighted by atomic mass is 16.5. The van der Waals surface area contributed by atoms with Gasteiger partial charge in [0.05, 0.1) is 26.4 Å². The summed E-state index contributed by atoms with van der Waals surface area (Å²) in [4.78, 5) is 2.36. The van der Waals surface area contributed by atoms with Crippen molar-refractivity contribution in [3.05, 3.63) is 10.4 Å². The smallest absolute Gasteiger partial charge is 0.0698 e. The fourth-order valence-electron chi connectivity index (χ4n) is 0.231. The van der Waals surface area contributed by atoms with E-state index in [4.69, 9.17) is 15.7 Å². The van der Waals surface area contributed by atoms with Gasteiger partial charge in [-0.2, -0.15) is 0 Å². The van der Waals surface area contributed by atoms with Crippen molar-refractivity contribution in [2.75, 3.05) is 33.5 Å². The number of aliphatic hydroxyl groups excluding tert-OH is 2. The molecule has 6 heteroatoms. The van der Waals surface area contributed by atoms with E-state index in [1.54, 1.807) is 0 Å². The molecule has 0 aromatic heterocycles. The molecule has 0 spiro atoms. The second-order valence-corrected chi connectivity index (χ2v) is 1.35. The third-order valence-corrected chi connectivity index (χ3v) is 0.561. The van der Waals surface area contributed by atoms with E-state index in [-0.39, 0.29) is 13.2 Å². The van der Waals surface area contributed by atoms with E-state index in [1.807, 2.05) is 0 Å². The van der Waals surface area contributed by atoms with Crippen molar-refractivity contribution in [1.82, 2.24) is 0 Å². The molecule has 0 radical (unpaired) electrons. The van der Waals surface area contributed by atoms with Gasteiger partial charge in [-0.1, -0.05) is 5.11 Å². The molecule has 66 valence electrons. The first-order valence-electron chi connectivity index (χ1n) is 3.06. The zero-order valence-corrected chi connectivity index (χ0v) is 6.47. The Bertz CT molecular complexity index is 99.1. The largest absolute Gasteiger partial charge is 0.394 e. The average Bonchev–Trinajstić information content (AvgIpc) is 2.06. The van der Waals surface area contributed by atoms with E-state index in [0.717, 1.165) is 0 Å². The van der Waals surface area contributed by atoms with Crippen molar-refractivity contribution < 1.29 is 14.9 Å². The van der Waals surface area contributed by atoms with Crippen LogP contribution in [0.3, 0.4) is 0 Å². The Morgan fingerprint density at radius 1 is 1.36 bits per heavy atom. The predicted octanol–water partition coefficient (Wildman–Crippen LogP) is -0.0859. The zero-order valence-electron chi connectivity index (χ0n) is 6.47. The van der Waals surface area contributed by atoms with Gasteiger partial charge in [-0.05, 0) is 5.53 Å². The molecule has 0 aromatic rings. The highest BCUT2D eigenvalue weighted by Crippen LogP contribution is 1.68. The van der Waals surface area contributed by atoms with Crippen LogP contribution in [0.2, 0.25) is 0 Å². The highest BCUT2D eigenvalue weighted by molar-refractivity contribution is 4.30. The second-order valence-electron chi connectivity index (χ2n) is 1.35. The fraction of sp³-hybridized carbons (Fsp3) is 1.00. The molecular weight excluding hydrogens is 150 g/mol. The summed E-state index contributed by atoms with van der Waals surface area (Å²) in [5.74, 6) is 0. The number of hydrogen-bond acceptors (Lipinski definition) is 4. The molecule has 0 saturated heterocycles. The molecule has 0 unspecified atom stereocenters. The van der Waals surface area contributed by atoms with Crippen molar-refractivity contribution in [3.63, 3.8) is 0 Å². The van der Waals surface area contributed by atoms with Crippen LogP contribution in [0.25, 0.3) is 10.4 Å². The molecule has 0 saturated carbocycles. The Kier molecular flexibility index (Phi) is 18.8. The number of azide groups is 1. The van der Waals surface area contributed by atoms with Crippen LogP contribution in [-0.4, -0.2) is 43.7 Å². The lowest BCUT2D eigenvalue weighted by Crippen LogP contribution is -2.03. The van der Waals surface area contributed by atoms with Gasteiger partial charge in [-0.15, -0.1) is 0 Å². The van der Waals surface area contributed by atoms with Crippen LogP contribution in [-0.2, 0) is 4.74 Å². The van der Waals surface area contributed by atoms with E-state index < -0.39 is 0 Å². The summed E-state index contributed by atoms with van der Waals surface area (Å²) in [7, 11) is 1.39. The molecule has 6 nitrogen and oxygen atoms in total.